The molecule has 0 bridgehead atoms. The van der Waals surface area contributed by atoms with E-state index in [1.165, 1.54) is 0 Å². The molecule has 0 spiro atoms. The SMILES string of the molecule is CCNC(c1ccc(OC)cc1Cl)c1cc(Cl)ccc1Br. The van der Waals surface area contributed by atoms with Crippen molar-refractivity contribution in [3.63, 3.8) is 0 Å². The molecule has 0 aliphatic heterocycles. The fraction of sp³-hybridized carbons (Fsp3) is 0.250. The molecule has 2 rings (SSSR count). The third kappa shape index (κ3) is 3.92. The maximum atomic E-state index is 6.41. The van der Waals surface area contributed by atoms with Crippen LogP contribution in [-0.2, 0) is 0 Å². The van der Waals surface area contributed by atoms with E-state index in [0.717, 1.165) is 27.9 Å². The number of halogens is 3. The van der Waals surface area contributed by atoms with E-state index < -0.39 is 0 Å². The van der Waals surface area contributed by atoms with Crippen LogP contribution in [0.4, 0.5) is 0 Å². The van der Waals surface area contributed by atoms with Crippen molar-refractivity contribution in [3.8, 4) is 5.75 Å². The van der Waals surface area contributed by atoms with E-state index in [1.807, 2.05) is 36.4 Å². The molecule has 0 heterocycles. The van der Waals surface area contributed by atoms with Crippen LogP contribution in [0.5, 0.6) is 5.75 Å². The van der Waals surface area contributed by atoms with Crippen molar-refractivity contribution < 1.29 is 4.74 Å². The first-order valence-corrected chi connectivity index (χ1v) is 8.13. The summed E-state index contributed by atoms with van der Waals surface area (Å²) in [6, 6.07) is 11.4. The van der Waals surface area contributed by atoms with E-state index in [2.05, 4.69) is 28.2 Å². The lowest BCUT2D eigenvalue weighted by atomic mass is 9.98. The van der Waals surface area contributed by atoms with Crippen LogP contribution in [0.2, 0.25) is 10.0 Å². The first-order valence-electron chi connectivity index (χ1n) is 6.58. The maximum Gasteiger partial charge on any atom is 0.120 e. The van der Waals surface area contributed by atoms with Crippen molar-refractivity contribution in [2.24, 2.45) is 0 Å². The van der Waals surface area contributed by atoms with Gasteiger partial charge in [-0.25, -0.2) is 0 Å². The quantitative estimate of drug-likeness (QED) is 0.733. The van der Waals surface area contributed by atoms with E-state index in [-0.39, 0.29) is 6.04 Å². The van der Waals surface area contributed by atoms with Gasteiger partial charge in [-0.3, -0.25) is 0 Å². The molecule has 1 N–H and O–H groups in total. The van der Waals surface area contributed by atoms with E-state index in [1.54, 1.807) is 7.11 Å². The molecule has 0 saturated carbocycles. The number of rotatable bonds is 5. The van der Waals surface area contributed by atoms with Gasteiger partial charge in [0, 0.05) is 14.5 Å². The van der Waals surface area contributed by atoms with Crippen LogP contribution in [0.3, 0.4) is 0 Å². The zero-order chi connectivity index (χ0) is 15.4. The highest BCUT2D eigenvalue weighted by atomic mass is 79.9. The topological polar surface area (TPSA) is 21.3 Å². The molecule has 0 radical (unpaired) electrons. The van der Waals surface area contributed by atoms with Crippen LogP contribution in [0, 0.1) is 0 Å². The van der Waals surface area contributed by atoms with Gasteiger partial charge in [0.25, 0.3) is 0 Å². The number of hydrogen-bond acceptors (Lipinski definition) is 2. The number of methoxy groups -OCH3 is 1. The maximum absolute atomic E-state index is 6.41. The number of benzene rings is 2. The molecule has 21 heavy (non-hydrogen) atoms. The van der Waals surface area contributed by atoms with Crippen LogP contribution in [-0.4, -0.2) is 13.7 Å². The van der Waals surface area contributed by atoms with Crippen LogP contribution in [0.15, 0.2) is 40.9 Å². The van der Waals surface area contributed by atoms with E-state index in [9.17, 15) is 0 Å². The van der Waals surface area contributed by atoms with Crippen molar-refractivity contribution in [2.75, 3.05) is 13.7 Å². The molecule has 1 unspecified atom stereocenters. The second-order valence-corrected chi connectivity index (χ2v) is 6.24. The van der Waals surface area contributed by atoms with Gasteiger partial charge >= 0.3 is 0 Å². The fourth-order valence-corrected chi connectivity index (χ4v) is 3.13. The lowest BCUT2D eigenvalue weighted by molar-refractivity contribution is 0.414. The molecule has 2 aromatic rings. The Hall–Kier alpha value is -0.740. The first kappa shape index (κ1) is 16.6. The molecule has 2 nitrogen and oxygen atoms in total. The molecule has 0 fully saturated rings. The molecule has 0 saturated heterocycles. The zero-order valence-electron chi connectivity index (χ0n) is 11.8. The minimum Gasteiger partial charge on any atom is -0.497 e. The van der Waals surface area contributed by atoms with Crippen molar-refractivity contribution in [2.45, 2.75) is 13.0 Å². The molecular weight excluding hydrogens is 373 g/mol. The summed E-state index contributed by atoms with van der Waals surface area (Å²) in [7, 11) is 1.63. The summed E-state index contributed by atoms with van der Waals surface area (Å²) in [5.41, 5.74) is 2.04. The van der Waals surface area contributed by atoms with Gasteiger partial charge in [-0.15, -0.1) is 0 Å². The van der Waals surface area contributed by atoms with Gasteiger partial charge in [0.05, 0.1) is 13.2 Å². The molecule has 0 aromatic heterocycles. The van der Waals surface area contributed by atoms with Crippen LogP contribution < -0.4 is 10.1 Å². The van der Waals surface area contributed by atoms with Gasteiger partial charge in [-0.1, -0.05) is 52.1 Å². The van der Waals surface area contributed by atoms with Crippen molar-refractivity contribution >= 4 is 39.1 Å². The Morgan fingerprint density at radius 1 is 1.14 bits per heavy atom. The minimum absolute atomic E-state index is 0.0403. The van der Waals surface area contributed by atoms with Crippen molar-refractivity contribution in [1.82, 2.24) is 5.32 Å². The fourth-order valence-electron chi connectivity index (χ4n) is 2.20. The molecular formula is C16H16BrCl2NO. The number of ether oxygens (including phenoxy) is 1. The standard InChI is InChI=1S/C16H16BrCl2NO/c1-3-20-16(13-8-10(18)4-7-14(13)17)12-6-5-11(21-2)9-15(12)19/h4-9,16,20H,3H2,1-2H3. The summed E-state index contributed by atoms with van der Waals surface area (Å²) in [5.74, 6) is 0.740. The highest BCUT2D eigenvalue weighted by Gasteiger charge is 2.19. The normalized spacial score (nSPS) is 12.2. The molecule has 1 atom stereocenters. The average Bonchev–Trinajstić information content (AvgIpc) is 2.48. The monoisotopic (exact) mass is 387 g/mol. The van der Waals surface area contributed by atoms with Gasteiger partial charge < -0.3 is 10.1 Å². The van der Waals surface area contributed by atoms with Crippen molar-refractivity contribution in [3.05, 3.63) is 62.0 Å². The highest BCUT2D eigenvalue weighted by molar-refractivity contribution is 9.10. The largest absolute Gasteiger partial charge is 0.497 e. The molecule has 0 amide bonds. The van der Waals surface area contributed by atoms with E-state index in [0.29, 0.717) is 10.0 Å². The molecule has 0 aliphatic carbocycles. The van der Waals surface area contributed by atoms with Gasteiger partial charge in [-0.2, -0.15) is 0 Å². The smallest absolute Gasteiger partial charge is 0.120 e. The van der Waals surface area contributed by atoms with Crippen LogP contribution >= 0.6 is 39.1 Å². The Morgan fingerprint density at radius 2 is 1.90 bits per heavy atom. The number of nitrogens with one attached hydrogen (secondary N) is 1. The lowest BCUT2D eigenvalue weighted by Crippen LogP contribution is -2.22. The molecule has 0 aliphatic rings. The molecule has 5 heteroatoms. The minimum atomic E-state index is -0.0403. The summed E-state index contributed by atoms with van der Waals surface area (Å²) in [6.45, 7) is 2.87. The predicted molar refractivity (Wildman–Crippen MR) is 92.7 cm³/mol. The van der Waals surface area contributed by atoms with Gasteiger partial charge in [0.1, 0.15) is 5.75 Å². The lowest BCUT2D eigenvalue weighted by Gasteiger charge is -2.22. The summed E-state index contributed by atoms with van der Waals surface area (Å²) in [4.78, 5) is 0. The summed E-state index contributed by atoms with van der Waals surface area (Å²) >= 11 is 16.1. The first-order chi connectivity index (χ1) is 10.1. The summed E-state index contributed by atoms with van der Waals surface area (Å²) in [5, 5.41) is 4.80. The number of hydrogen-bond donors (Lipinski definition) is 1. The predicted octanol–water partition coefficient (Wildman–Crippen LogP) is 5.46. The van der Waals surface area contributed by atoms with Crippen molar-refractivity contribution in [1.29, 1.82) is 0 Å². The second kappa shape index (κ2) is 7.50. The molecule has 112 valence electrons. The highest BCUT2D eigenvalue weighted by Crippen LogP contribution is 2.35. The average molecular weight is 389 g/mol. The Balaban J connectivity index is 2.50. The zero-order valence-corrected chi connectivity index (χ0v) is 14.9. The second-order valence-electron chi connectivity index (χ2n) is 4.54. The van der Waals surface area contributed by atoms with Gasteiger partial charge in [0.15, 0.2) is 0 Å². The summed E-state index contributed by atoms with van der Waals surface area (Å²) < 4.78 is 6.19. The third-order valence-electron chi connectivity index (χ3n) is 3.20. The Morgan fingerprint density at radius 3 is 2.52 bits per heavy atom. The Bertz CT molecular complexity index is 634. The van der Waals surface area contributed by atoms with E-state index in [4.69, 9.17) is 27.9 Å². The van der Waals surface area contributed by atoms with Crippen LogP contribution in [0.25, 0.3) is 0 Å². The molecule has 2 aromatic carbocycles. The van der Waals surface area contributed by atoms with Gasteiger partial charge in [-0.05, 0) is 48.0 Å². The Kier molecular flexibility index (Phi) is 5.94. The Labute approximate surface area is 143 Å². The third-order valence-corrected chi connectivity index (χ3v) is 4.48. The van der Waals surface area contributed by atoms with Crippen LogP contribution in [0.1, 0.15) is 24.1 Å². The summed E-state index contributed by atoms with van der Waals surface area (Å²) in [6.07, 6.45) is 0. The van der Waals surface area contributed by atoms with E-state index >= 15 is 0 Å². The van der Waals surface area contributed by atoms with Gasteiger partial charge in [0.2, 0.25) is 0 Å².